The number of hydrogen-bond acceptors (Lipinski definition) is 3. The van der Waals surface area contributed by atoms with Crippen LogP contribution in [0.3, 0.4) is 0 Å². The highest BCUT2D eigenvalue weighted by atomic mass is 16.5. The van der Waals surface area contributed by atoms with Crippen LogP contribution in [0, 0.1) is 0 Å². The van der Waals surface area contributed by atoms with Gasteiger partial charge in [0.05, 0.1) is 5.56 Å². The lowest BCUT2D eigenvalue weighted by atomic mass is 10.00. The van der Waals surface area contributed by atoms with Crippen LogP contribution in [-0.4, -0.2) is 36.7 Å². The van der Waals surface area contributed by atoms with Crippen LogP contribution in [0.2, 0.25) is 0 Å². The quantitative estimate of drug-likeness (QED) is 0.927. The van der Waals surface area contributed by atoms with Gasteiger partial charge in [0.1, 0.15) is 5.75 Å². The first-order chi connectivity index (χ1) is 11.3. The Hall–Kier alpha value is -2.33. The maximum Gasteiger partial charge on any atom is 0.260 e. The Morgan fingerprint density at radius 1 is 1.00 bits per heavy atom. The topological polar surface area (TPSA) is 41.6 Å². The van der Waals surface area contributed by atoms with E-state index in [1.165, 1.54) is 0 Å². The van der Waals surface area contributed by atoms with Gasteiger partial charge in [0, 0.05) is 6.04 Å². The van der Waals surface area contributed by atoms with Gasteiger partial charge in [-0.2, -0.15) is 0 Å². The Balaban J connectivity index is 1.61. The first kappa shape index (κ1) is 14.3. The SMILES string of the molecule is O=C1c2ccc(-c3ccccc3)cc2OCN1C1CCNCC1. The molecule has 0 unspecified atom stereocenters. The summed E-state index contributed by atoms with van der Waals surface area (Å²) >= 11 is 0. The van der Waals surface area contributed by atoms with Crippen molar-refractivity contribution < 1.29 is 9.53 Å². The molecule has 4 nitrogen and oxygen atoms in total. The van der Waals surface area contributed by atoms with Crippen molar-refractivity contribution in [1.29, 1.82) is 0 Å². The van der Waals surface area contributed by atoms with Crippen LogP contribution in [-0.2, 0) is 0 Å². The van der Waals surface area contributed by atoms with Gasteiger partial charge in [0.2, 0.25) is 0 Å². The Kier molecular flexibility index (Phi) is 3.75. The van der Waals surface area contributed by atoms with Gasteiger partial charge in [0.25, 0.3) is 5.91 Å². The molecule has 2 aliphatic rings. The van der Waals surface area contributed by atoms with Crippen LogP contribution in [0.4, 0.5) is 0 Å². The van der Waals surface area contributed by atoms with Crippen molar-refractivity contribution >= 4 is 5.91 Å². The third-order valence-corrected chi connectivity index (χ3v) is 4.69. The van der Waals surface area contributed by atoms with Crippen molar-refractivity contribution in [2.24, 2.45) is 0 Å². The predicted molar refractivity (Wildman–Crippen MR) is 89.4 cm³/mol. The van der Waals surface area contributed by atoms with Crippen molar-refractivity contribution in [3.8, 4) is 16.9 Å². The number of fused-ring (bicyclic) bond motifs is 1. The maximum atomic E-state index is 12.8. The summed E-state index contributed by atoms with van der Waals surface area (Å²) in [6.45, 7) is 2.29. The van der Waals surface area contributed by atoms with Crippen LogP contribution in [0.1, 0.15) is 23.2 Å². The zero-order valence-corrected chi connectivity index (χ0v) is 13.0. The second-order valence-corrected chi connectivity index (χ2v) is 6.11. The van der Waals surface area contributed by atoms with E-state index in [4.69, 9.17) is 4.74 Å². The summed E-state index contributed by atoms with van der Waals surface area (Å²) in [5.74, 6) is 0.791. The van der Waals surface area contributed by atoms with Crippen LogP contribution >= 0.6 is 0 Å². The number of nitrogens with one attached hydrogen (secondary N) is 1. The minimum atomic E-state index is 0.0951. The van der Waals surface area contributed by atoms with E-state index in [1.807, 2.05) is 41.3 Å². The second-order valence-electron chi connectivity index (χ2n) is 6.11. The fourth-order valence-corrected chi connectivity index (χ4v) is 3.37. The van der Waals surface area contributed by atoms with Gasteiger partial charge in [-0.3, -0.25) is 4.79 Å². The van der Waals surface area contributed by atoms with Crippen molar-refractivity contribution in [2.45, 2.75) is 18.9 Å². The molecule has 2 aliphatic heterocycles. The summed E-state index contributed by atoms with van der Waals surface area (Å²) in [5.41, 5.74) is 2.88. The smallest absolute Gasteiger partial charge is 0.260 e. The van der Waals surface area contributed by atoms with E-state index in [-0.39, 0.29) is 11.9 Å². The molecular formula is C19H20N2O2. The number of nitrogens with zero attached hydrogens (tertiary/aromatic N) is 1. The van der Waals surface area contributed by atoms with E-state index in [2.05, 4.69) is 17.4 Å². The third-order valence-electron chi connectivity index (χ3n) is 4.69. The molecule has 0 saturated carbocycles. The maximum absolute atomic E-state index is 12.8. The summed E-state index contributed by atoms with van der Waals surface area (Å²) in [7, 11) is 0. The molecule has 0 aromatic heterocycles. The Morgan fingerprint density at radius 2 is 1.78 bits per heavy atom. The van der Waals surface area contributed by atoms with Crippen molar-refractivity contribution in [1.82, 2.24) is 10.2 Å². The molecular weight excluding hydrogens is 288 g/mol. The van der Waals surface area contributed by atoms with Crippen LogP contribution in [0.25, 0.3) is 11.1 Å². The van der Waals surface area contributed by atoms with Crippen LogP contribution < -0.4 is 10.1 Å². The molecule has 1 amide bonds. The fraction of sp³-hybridized carbons (Fsp3) is 0.316. The molecule has 2 aromatic carbocycles. The number of carbonyl (C=O) groups excluding carboxylic acids is 1. The van der Waals surface area contributed by atoms with Gasteiger partial charge >= 0.3 is 0 Å². The molecule has 2 aromatic rings. The minimum Gasteiger partial charge on any atom is -0.472 e. The number of amides is 1. The summed E-state index contributed by atoms with van der Waals surface area (Å²) in [4.78, 5) is 14.7. The highest BCUT2D eigenvalue weighted by molar-refractivity contribution is 5.98. The van der Waals surface area contributed by atoms with Gasteiger partial charge < -0.3 is 15.0 Å². The van der Waals surface area contributed by atoms with Gasteiger partial charge in [-0.1, -0.05) is 36.4 Å². The molecule has 0 aliphatic carbocycles. The molecule has 0 atom stereocenters. The highest BCUT2D eigenvalue weighted by Crippen LogP contribution is 2.32. The lowest BCUT2D eigenvalue weighted by Crippen LogP contribution is -2.49. The number of carbonyl (C=O) groups is 1. The van der Waals surface area contributed by atoms with E-state index < -0.39 is 0 Å². The molecule has 1 N–H and O–H groups in total. The summed E-state index contributed by atoms with van der Waals surface area (Å²) in [6.07, 6.45) is 1.99. The Labute approximate surface area is 136 Å². The molecule has 23 heavy (non-hydrogen) atoms. The molecule has 1 fully saturated rings. The van der Waals surface area contributed by atoms with Crippen LogP contribution in [0.5, 0.6) is 5.75 Å². The standard InChI is InChI=1S/C19H20N2O2/c22-19-17-7-6-15(14-4-2-1-3-5-14)12-18(17)23-13-21(19)16-8-10-20-11-9-16/h1-7,12,16,20H,8-11,13H2. The molecule has 2 heterocycles. The van der Waals surface area contributed by atoms with Gasteiger partial charge in [-0.05, 0) is 49.2 Å². The van der Waals surface area contributed by atoms with Crippen molar-refractivity contribution in [3.05, 3.63) is 54.1 Å². The van der Waals surface area contributed by atoms with E-state index in [0.29, 0.717) is 18.0 Å². The van der Waals surface area contributed by atoms with E-state index in [9.17, 15) is 4.79 Å². The number of piperidine rings is 1. The van der Waals surface area contributed by atoms with Gasteiger partial charge in [-0.25, -0.2) is 0 Å². The summed E-state index contributed by atoms with van der Waals surface area (Å²) in [5, 5.41) is 3.33. The van der Waals surface area contributed by atoms with E-state index in [0.717, 1.165) is 37.1 Å². The Bertz CT molecular complexity index is 709. The lowest BCUT2D eigenvalue weighted by molar-refractivity contribution is 0.0332. The number of rotatable bonds is 2. The summed E-state index contributed by atoms with van der Waals surface area (Å²) < 4.78 is 5.91. The molecule has 0 bridgehead atoms. The first-order valence-corrected chi connectivity index (χ1v) is 8.17. The fourth-order valence-electron chi connectivity index (χ4n) is 3.37. The monoisotopic (exact) mass is 308 g/mol. The minimum absolute atomic E-state index is 0.0951. The zero-order valence-electron chi connectivity index (χ0n) is 13.0. The predicted octanol–water partition coefficient (Wildman–Crippen LogP) is 2.90. The molecule has 0 radical (unpaired) electrons. The van der Waals surface area contributed by atoms with Gasteiger partial charge in [-0.15, -0.1) is 0 Å². The normalized spacial score (nSPS) is 18.4. The summed E-state index contributed by atoms with van der Waals surface area (Å²) in [6, 6.07) is 16.3. The van der Waals surface area contributed by atoms with E-state index in [1.54, 1.807) is 0 Å². The molecule has 1 saturated heterocycles. The number of ether oxygens (including phenoxy) is 1. The molecule has 118 valence electrons. The second kappa shape index (κ2) is 6.05. The van der Waals surface area contributed by atoms with E-state index >= 15 is 0 Å². The molecule has 4 rings (SSSR count). The van der Waals surface area contributed by atoms with Crippen LogP contribution in [0.15, 0.2) is 48.5 Å². The average molecular weight is 308 g/mol. The lowest BCUT2D eigenvalue weighted by Gasteiger charge is -2.37. The highest BCUT2D eigenvalue weighted by Gasteiger charge is 2.31. The number of hydrogen-bond donors (Lipinski definition) is 1. The van der Waals surface area contributed by atoms with Crippen molar-refractivity contribution in [3.63, 3.8) is 0 Å². The average Bonchev–Trinajstić information content (AvgIpc) is 2.63. The molecule has 4 heteroatoms. The third kappa shape index (κ3) is 2.70. The van der Waals surface area contributed by atoms with Crippen molar-refractivity contribution in [2.75, 3.05) is 19.8 Å². The first-order valence-electron chi connectivity index (χ1n) is 8.17. The largest absolute Gasteiger partial charge is 0.472 e. The number of benzene rings is 2. The Morgan fingerprint density at radius 3 is 2.57 bits per heavy atom. The zero-order chi connectivity index (χ0) is 15.6. The van der Waals surface area contributed by atoms with Gasteiger partial charge in [0.15, 0.2) is 6.73 Å². The molecule has 0 spiro atoms.